The van der Waals surface area contributed by atoms with E-state index in [0.717, 1.165) is 12.8 Å². The van der Waals surface area contributed by atoms with E-state index in [-0.39, 0.29) is 18.7 Å². The molecule has 0 saturated carbocycles. The van der Waals surface area contributed by atoms with Crippen LogP contribution in [0, 0.1) is 5.92 Å². The van der Waals surface area contributed by atoms with Crippen molar-refractivity contribution < 1.29 is 14.6 Å². The molecule has 1 rings (SSSR count). The van der Waals surface area contributed by atoms with Crippen LogP contribution >= 0.6 is 0 Å². The van der Waals surface area contributed by atoms with Crippen LogP contribution in [0.15, 0.2) is 0 Å². The predicted molar refractivity (Wildman–Crippen MR) is 62.2 cm³/mol. The minimum Gasteiger partial charge on any atom is -0.444 e. The molecule has 16 heavy (non-hydrogen) atoms. The van der Waals surface area contributed by atoms with Gasteiger partial charge in [0.05, 0.1) is 12.6 Å². The number of carbonyl (C=O) groups excluding carboxylic acids is 1. The number of amides is 1. The fraction of sp³-hybridized carbons (Fsp3) is 0.917. The molecule has 1 heterocycles. The smallest absolute Gasteiger partial charge is 0.410 e. The Balaban J connectivity index is 2.60. The monoisotopic (exact) mass is 229 g/mol. The molecule has 4 heteroatoms. The quantitative estimate of drug-likeness (QED) is 0.748. The van der Waals surface area contributed by atoms with E-state index in [1.165, 1.54) is 0 Å². The third-order valence-corrected chi connectivity index (χ3v) is 2.82. The number of hydrogen-bond donors (Lipinski definition) is 1. The van der Waals surface area contributed by atoms with Crippen molar-refractivity contribution in [1.29, 1.82) is 0 Å². The van der Waals surface area contributed by atoms with Gasteiger partial charge in [0.25, 0.3) is 0 Å². The number of aliphatic hydroxyl groups is 1. The zero-order chi connectivity index (χ0) is 12.3. The van der Waals surface area contributed by atoms with Gasteiger partial charge < -0.3 is 14.7 Å². The van der Waals surface area contributed by atoms with Gasteiger partial charge in [0.15, 0.2) is 0 Å². The van der Waals surface area contributed by atoms with Gasteiger partial charge in [0, 0.05) is 6.54 Å². The highest BCUT2D eigenvalue weighted by Crippen LogP contribution is 2.24. The molecule has 94 valence electrons. The van der Waals surface area contributed by atoms with Gasteiger partial charge >= 0.3 is 6.09 Å². The molecule has 0 aromatic carbocycles. The first-order valence-corrected chi connectivity index (χ1v) is 5.94. The van der Waals surface area contributed by atoms with Crippen LogP contribution in [0.4, 0.5) is 4.79 Å². The van der Waals surface area contributed by atoms with Crippen molar-refractivity contribution in [2.24, 2.45) is 5.92 Å². The molecule has 1 saturated heterocycles. The SMILES string of the molecule is CC1CCN(C(=O)OC(C)(C)C)[C@H](CO)C1. The number of nitrogens with zero attached hydrogens (tertiary/aromatic N) is 1. The second-order valence-corrected chi connectivity index (χ2v) is 5.64. The molecule has 1 amide bonds. The number of hydrogen-bond acceptors (Lipinski definition) is 3. The Hall–Kier alpha value is -0.770. The third-order valence-electron chi connectivity index (χ3n) is 2.82. The van der Waals surface area contributed by atoms with Crippen molar-refractivity contribution in [3.8, 4) is 0 Å². The highest BCUT2D eigenvalue weighted by Gasteiger charge is 2.32. The fourth-order valence-electron chi connectivity index (χ4n) is 1.99. The Kier molecular flexibility index (Phi) is 4.19. The second-order valence-electron chi connectivity index (χ2n) is 5.64. The number of piperidine rings is 1. The lowest BCUT2D eigenvalue weighted by Crippen LogP contribution is -2.49. The molecule has 1 unspecified atom stereocenters. The van der Waals surface area contributed by atoms with Crippen molar-refractivity contribution >= 4 is 6.09 Å². The lowest BCUT2D eigenvalue weighted by Gasteiger charge is -2.38. The second kappa shape index (κ2) is 5.04. The van der Waals surface area contributed by atoms with Crippen LogP contribution in [-0.4, -0.2) is 40.9 Å². The average molecular weight is 229 g/mol. The standard InChI is InChI=1S/C12H23NO3/c1-9-5-6-13(10(7-9)8-14)11(15)16-12(2,3)4/h9-10,14H,5-8H2,1-4H3/t9?,10-/m0/s1. The van der Waals surface area contributed by atoms with Crippen LogP contribution in [0.1, 0.15) is 40.5 Å². The van der Waals surface area contributed by atoms with Crippen LogP contribution in [0.3, 0.4) is 0 Å². The maximum absolute atomic E-state index is 11.9. The van der Waals surface area contributed by atoms with Crippen LogP contribution < -0.4 is 0 Å². The average Bonchev–Trinajstić information content (AvgIpc) is 2.14. The molecule has 2 atom stereocenters. The number of ether oxygens (including phenoxy) is 1. The van der Waals surface area contributed by atoms with Crippen LogP contribution in [0.25, 0.3) is 0 Å². The van der Waals surface area contributed by atoms with Crippen LogP contribution in [-0.2, 0) is 4.74 Å². The van der Waals surface area contributed by atoms with Gasteiger partial charge in [0.1, 0.15) is 5.60 Å². The molecule has 4 nitrogen and oxygen atoms in total. The van der Waals surface area contributed by atoms with Gasteiger partial charge in [-0.2, -0.15) is 0 Å². The molecule has 0 aromatic heterocycles. The van der Waals surface area contributed by atoms with Gasteiger partial charge in [0.2, 0.25) is 0 Å². The van der Waals surface area contributed by atoms with E-state index in [0.29, 0.717) is 12.5 Å². The molecular formula is C12H23NO3. The van der Waals surface area contributed by atoms with Crippen LogP contribution in [0.2, 0.25) is 0 Å². The van der Waals surface area contributed by atoms with Gasteiger partial charge in [-0.05, 0) is 39.5 Å². The molecule has 0 radical (unpaired) electrons. The van der Waals surface area contributed by atoms with Crippen molar-refractivity contribution in [3.05, 3.63) is 0 Å². The summed E-state index contributed by atoms with van der Waals surface area (Å²) in [5.41, 5.74) is -0.472. The minimum absolute atomic E-state index is 0.0174. The van der Waals surface area contributed by atoms with Crippen molar-refractivity contribution in [1.82, 2.24) is 4.90 Å². The third kappa shape index (κ3) is 3.67. The summed E-state index contributed by atoms with van der Waals surface area (Å²) in [6, 6.07) is -0.0846. The molecular weight excluding hydrogens is 206 g/mol. The lowest BCUT2D eigenvalue weighted by molar-refractivity contribution is -0.00349. The number of aliphatic hydroxyl groups excluding tert-OH is 1. The Bertz CT molecular complexity index is 247. The maximum Gasteiger partial charge on any atom is 0.410 e. The van der Waals surface area contributed by atoms with E-state index in [9.17, 15) is 9.90 Å². The Labute approximate surface area is 97.6 Å². The van der Waals surface area contributed by atoms with E-state index in [2.05, 4.69) is 6.92 Å². The molecule has 0 spiro atoms. The topological polar surface area (TPSA) is 49.8 Å². The lowest BCUT2D eigenvalue weighted by atomic mass is 9.93. The first-order valence-electron chi connectivity index (χ1n) is 5.94. The van der Waals surface area contributed by atoms with E-state index in [1.54, 1.807) is 4.90 Å². The summed E-state index contributed by atoms with van der Waals surface area (Å²) < 4.78 is 5.32. The highest BCUT2D eigenvalue weighted by molar-refractivity contribution is 5.68. The largest absolute Gasteiger partial charge is 0.444 e. The molecule has 1 N–H and O–H groups in total. The predicted octanol–water partition coefficient (Wildman–Crippen LogP) is 2.01. The number of carbonyl (C=O) groups is 1. The molecule has 0 bridgehead atoms. The van der Waals surface area contributed by atoms with Gasteiger partial charge in [-0.3, -0.25) is 0 Å². The van der Waals surface area contributed by atoms with Gasteiger partial charge in [-0.25, -0.2) is 4.79 Å². The highest BCUT2D eigenvalue weighted by atomic mass is 16.6. The minimum atomic E-state index is -0.472. The zero-order valence-corrected chi connectivity index (χ0v) is 10.7. The van der Waals surface area contributed by atoms with Crippen molar-refractivity contribution in [2.45, 2.75) is 52.2 Å². The summed E-state index contributed by atoms with van der Waals surface area (Å²) >= 11 is 0. The summed E-state index contributed by atoms with van der Waals surface area (Å²) in [5, 5.41) is 9.28. The maximum atomic E-state index is 11.9. The summed E-state index contributed by atoms with van der Waals surface area (Å²) in [4.78, 5) is 13.5. The fourth-order valence-corrected chi connectivity index (χ4v) is 1.99. The first-order chi connectivity index (χ1) is 7.33. The van der Waals surface area contributed by atoms with E-state index in [1.807, 2.05) is 20.8 Å². The van der Waals surface area contributed by atoms with E-state index >= 15 is 0 Å². The van der Waals surface area contributed by atoms with Gasteiger partial charge in [-0.15, -0.1) is 0 Å². The Morgan fingerprint density at radius 3 is 2.62 bits per heavy atom. The van der Waals surface area contributed by atoms with E-state index in [4.69, 9.17) is 4.74 Å². The van der Waals surface area contributed by atoms with E-state index < -0.39 is 5.60 Å². The summed E-state index contributed by atoms with van der Waals surface area (Å²) in [7, 11) is 0. The molecule has 0 aliphatic carbocycles. The molecule has 1 aliphatic rings. The Morgan fingerprint density at radius 2 is 2.12 bits per heavy atom. The first kappa shape index (κ1) is 13.3. The summed E-state index contributed by atoms with van der Waals surface area (Å²) in [6.07, 6.45) is 1.53. The molecule has 1 fully saturated rings. The van der Waals surface area contributed by atoms with Crippen molar-refractivity contribution in [2.75, 3.05) is 13.2 Å². The Morgan fingerprint density at radius 1 is 1.50 bits per heavy atom. The van der Waals surface area contributed by atoms with Crippen molar-refractivity contribution in [3.63, 3.8) is 0 Å². The van der Waals surface area contributed by atoms with Crippen LogP contribution in [0.5, 0.6) is 0 Å². The number of likely N-dealkylation sites (tertiary alicyclic amines) is 1. The molecule has 1 aliphatic heterocycles. The van der Waals surface area contributed by atoms with Gasteiger partial charge in [-0.1, -0.05) is 6.92 Å². The summed E-state index contributed by atoms with van der Waals surface area (Å²) in [5.74, 6) is 0.566. The summed E-state index contributed by atoms with van der Waals surface area (Å²) in [6.45, 7) is 8.41. The number of rotatable bonds is 1. The molecule has 0 aromatic rings. The normalized spacial score (nSPS) is 26.7. The zero-order valence-electron chi connectivity index (χ0n) is 10.7.